The summed E-state index contributed by atoms with van der Waals surface area (Å²) in [5, 5.41) is 16.7. The minimum Gasteiger partial charge on any atom is -0.480 e. The Kier molecular flexibility index (Phi) is 4.61. The molecule has 4 aliphatic rings. The number of imidazole rings is 1. The number of carbonyl (C=O) groups excluding carboxylic acids is 1. The molecule has 0 atom stereocenters. The van der Waals surface area contributed by atoms with Crippen LogP contribution in [-0.4, -0.2) is 42.7 Å². The molecule has 0 spiro atoms. The summed E-state index contributed by atoms with van der Waals surface area (Å²) in [5.41, 5.74) is 3.40. The maximum absolute atomic E-state index is 13.3. The van der Waals surface area contributed by atoms with Crippen molar-refractivity contribution in [1.29, 1.82) is 0 Å². The lowest BCUT2D eigenvalue weighted by molar-refractivity contribution is -0.137. The first-order valence-electron chi connectivity index (χ1n) is 11.9. The molecule has 0 aromatic carbocycles. The van der Waals surface area contributed by atoms with E-state index in [2.05, 4.69) is 15.4 Å². The molecule has 7 rings (SSSR count). The van der Waals surface area contributed by atoms with E-state index in [0.717, 1.165) is 30.0 Å². The number of hydrogen-bond acceptors (Lipinski definition) is 4. The van der Waals surface area contributed by atoms with Crippen molar-refractivity contribution in [1.82, 2.24) is 24.5 Å². The zero-order chi connectivity index (χ0) is 22.7. The third-order valence-electron chi connectivity index (χ3n) is 7.96. The normalized spacial score (nSPS) is 27.8. The third kappa shape index (κ3) is 3.61. The van der Waals surface area contributed by atoms with Crippen LogP contribution in [0.2, 0.25) is 0 Å². The zero-order valence-electron chi connectivity index (χ0n) is 18.8. The fourth-order valence-corrected chi connectivity index (χ4v) is 7.18. The van der Waals surface area contributed by atoms with Gasteiger partial charge in [-0.3, -0.25) is 18.7 Å². The van der Waals surface area contributed by atoms with Gasteiger partial charge in [-0.1, -0.05) is 6.07 Å². The lowest BCUT2D eigenvalue weighted by Gasteiger charge is -2.56. The Hall–Kier alpha value is -3.16. The minimum atomic E-state index is -0.965. The van der Waals surface area contributed by atoms with Crippen LogP contribution < -0.4 is 5.32 Å². The molecule has 172 valence electrons. The number of nitrogens with one attached hydrogen (secondary N) is 1. The molecule has 1 amide bonds. The highest BCUT2D eigenvalue weighted by Gasteiger charge is 2.50. The van der Waals surface area contributed by atoms with Crippen LogP contribution in [0.15, 0.2) is 30.5 Å². The molecule has 33 heavy (non-hydrogen) atoms. The summed E-state index contributed by atoms with van der Waals surface area (Å²) >= 11 is 0. The maximum atomic E-state index is 13.3. The Balaban J connectivity index is 1.26. The number of aliphatic carboxylic acids is 1. The van der Waals surface area contributed by atoms with Gasteiger partial charge >= 0.3 is 5.97 Å². The molecule has 4 bridgehead atoms. The fourth-order valence-electron chi connectivity index (χ4n) is 7.18. The van der Waals surface area contributed by atoms with Crippen molar-refractivity contribution in [2.45, 2.75) is 52.0 Å². The van der Waals surface area contributed by atoms with Crippen molar-refractivity contribution < 1.29 is 14.7 Å². The number of nitrogens with zero attached hydrogens (tertiary/aromatic N) is 4. The molecule has 0 radical (unpaired) electrons. The number of aryl methyl sites for hydroxylation is 1. The van der Waals surface area contributed by atoms with E-state index in [1.807, 2.05) is 31.2 Å². The largest absolute Gasteiger partial charge is 0.480 e. The van der Waals surface area contributed by atoms with Crippen molar-refractivity contribution in [2.75, 3.05) is 6.54 Å². The average Bonchev–Trinajstić information content (AvgIpc) is 3.33. The van der Waals surface area contributed by atoms with Crippen molar-refractivity contribution in [3.05, 3.63) is 41.9 Å². The minimum absolute atomic E-state index is 0.0875. The smallest absolute Gasteiger partial charge is 0.325 e. The van der Waals surface area contributed by atoms with Crippen molar-refractivity contribution >= 4 is 17.5 Å². The summed E-state index contributed by atoms with van der Waals surface area (Å²) in [4.78, 5) is 29.1. The SMILES string of the molecule is Cc1cc(-c2cn3c(C(=O)NCC45CC6CC(CC(C6)C4)C5)cccc3n2)n(CC(=O)O)n1. The molecule has 0 aliphatic heterocycles. The number of amides is 1. The van der Waals surface area contributed by atoms with E-state index >= 15 is 0 Å². The van der Waals surface area contributed by atoms with Crippen LogP contribution in [-0.2, 0) is 11.3 Å². The number of carboxylic acid groups (broad SMARTS) is 1. The molecule has 3 heterocycles. The molecule has 0 unspecified atom stereocenters. The number of carboxylic acids is 1. The summed E-state index contributed by atoms with van der Waals surface area (Å²) in [6, 6.07) is 7.32. The number of carbonyl (C=O) groups is 2. The molecule has 4 fully saturated rings. The van der Waals surface area contributed by atoms with E-state index in [1.54, 1.807) is 10.6 Å². The number of pyridine rings is 1. The van der Waals surface area contributed by atoms with Gasteiger partial charge in [-0.25, -0.2) is 4.98 Å². The van der Waals surface area contributed by atoms with Gasteiger partial charge < -0.3 is 10.4 Å². The first kappa shape index (κ1) is 20.4. The van der Waals surface area contributed by atoms with Crippen molar-refractivity contribution in [2.24, 2.45) is 23.2 Å². The van der Waals surface area contributed by atoms with Crippen LogP contribution in [0.25, 0.3) is 17.0 Å². The van der Waals surface area contributed by atoms with Crippen LogP contribution >= 0.6 is 0 Å². The van der Waals surface area contributed by atoms with E-state index < -0.39 is 5.97 Å². The highest BCUT2D eigenvalue weighted by Crippen LogP contribution is 2.59. The Morgan fingerprint density at radius 3 is 2.52 bits per heavy atom. The summed E-state index contributed by atoms with van der Waals surface area (Å²) in [5.74, 6) is 1.51. The molecule has 4 saturated carbocycles. The van der Waals surface area contributed by atoms with Crippen molar-refractivity contribution in [3.8, 4) is 11.4 Å². The molecule has 0 saturated heterocycles. The van der Waals surface area contributed by atoms with Gasteiger partial charge in [0.1, 0.15) is 23.6 Å². The second kappa shape index (κ2) is 7.43. The van der Waals surface area contributed by atoms with Gasteiger partial charge in [0, 0.05) is 12.7 Å². The Morgan fingerprint density at radius 1 is 1.15 bits per heavy atom. The molecule has 2 N–H and O–H groups in total. The van der Waals surface area contributed by atoms with Gasteiger partial charge in [-0.05, 0) is 86.8 Å². The molecule has 8 heteroatoms. The lowest BCUT2D eigenvalue weighted by Crippen LogP contribution is -2.51. The summed E-state index contributed by atoms with van der Waals surface area (Å²) < 4.78 is 3.23. The van der Waals surface area contributed by atoms with Crippen LogP contribution in [0.4, 0.5) is 0 Å². The van der Waals surface area contributed by atoms with Gasteiger partial charge in [0.2, 0.25) is 0 Å². The fraction of sp³-hybridized carbons (Fsp3) is 0.520. The standard InChI is InChI=1S/C25H29N5O3/c1-15-5-21(30(28-15)13-23(31)32)19-12-29-20(3-2-4-22(29)27-19)24(33)26-14-25-9-16-6-17(10-25)8-18(7-16)11-25/h2-5,12,16-18H,6-11,13-14H2,1H3,(H,26,33)(H,31,32). The van der Waals surface area contributed by atoms with Gasteiger partial charge in [0.05, 0.1) is 11.4 Å². The number of hydrogen-bond donors (Lipinski definition) is 2. The average molecular weight is 448 g/mol. The van der Waals surface area contributed by atoms with Gasteiger partial charge in [0.25, 0.3) is 5.91 Å². The predicted octanol–water partition coefficient (Wildman–Crippen LogP) is 3.54. The third-order valence-corrected chi connectivity index (χ3v) is 7.96. The van der Waals surface area contributed by atoms with E-state index in [9.17, 15) is 14.7 Å². The quantitative estimate of drug-likeness (QED) is 0.602. The first-order valence-corrected chi connectivity index (χ1v) is 11.9. The van der Waals surface area contributed by atoms with Crippen LogP contribution in [0.1, 0.15) is 54.7 Å². The summed E-state index contributed by atoms with van der Waals surface area (Å²) in [6.07, 6.45) is 9.74. The molecular formula is C25H29N5O3. The Morgan fingerprint density at radius 2 is 1.85 bits per heavy atom. The maximum Gasteiger partial charge on any atom is 0.325 e. The molecule has 3 aromatic heterocycles. The number of aromatic nitrogens is 4. The van der Waals surface area contributed by atoms with E-state index in [-0.39, 0.29) is 17.9 Å². The summed E-state index contributed by atoms with van der Waals surface area (Å²) in [6.45, 7) is 2.33. The van der Waals surface area contributed by atoms with E-state index in [0.29, 0.717) is 22.7 Å². The topological polar surface area (TPSA) is 102 Å². The zero-order valence-corrected chi connectivity index (χ0v) is 18.8. The van der Waals surface area contributed by atoms with E-state index in [1.165, 1.54) is 43.2 Å². The van der Waals surface area contributed by atoms with Gasteiger partial charge in [-0.2, -0.15) is 5.10 Å². The van der Waals surface area contributed by atoms with Crippen LogP contribution in [0.3, 0.4) is 0 Å². The predicted molar refractivity (Wildman–Crippen MR) is 122 cm³/mol. The Bertz CT molecular complexity index is 1220. The van der Waals surface area contributed by atoms with E-state index in [4.69, 9.17) is 0 Å². The molecule has 4 aliphatic carbocycles. The number of fused-ring (bicyclic) bond motifs is 1. The molecule has 3 aromatic rings. The second-order valence-electron chi connectivity index (χ2n) is 10.6. The second-order valence-corrected chi connectivity index (χ2v) is 10.6. The highest BCUT2D eigenvalue weighted by molar-refractivity contribution is 5.93. The Labute approximate surface area is 192 Å². The highest BCUT2D eigenvalue weighted by atomic mass is 16.4. The van der Waals surface area contributed by atoms with Crippen LogP contribution in [0.5, 0.6) is 0 Å². The van der Waals surface area contributed by atoms with Crippen LogP contribution in [0, 0.1) is 30.1 Å². The first-order chi connectivity index (χ1) is 15.9. The lowest BCUT2D eigenvalue weighted by atomic mass is 9.49. The van der Waals surface area contributed by atoms with Gasteiger partial charge in [0.15, 0.2) is 0 Å². The summed E-state index contributed by atoms with van der Waals surface area (Å²) in [7, 11) is 0. The number of rotatable bonds is 6. The molecular weight excluding hydrogens is 418 g/mol. The monoisotopic (exact) mass is 447 g/mol. The van der Waals surface area contributed by atoms with Gasteiger partial charge in [-0.15, -0.1) is 0 Å². The van der Waals surface area contributed by atoms with Crippen molar-refractivity contribution in [3.63, 3.8) is 0 Å². The molecule has 8 nitrogen and oxygen atoms in total.